The molecule has 31 heavy (non-hydrogen) atoms. The third kappa shape index (κ3) is 9.92. The van der Waals surface area contributed by atoms with Crippen molar-refractivity contribution in [2.75, 3.05) is 7.11 Å². The summed E-state index contributed by atoms with van der Waals surface area (Å²) in [6, 6.07) is 2.35. The van der Waals surface area contributed by atoms with Crippen molar-refractivity contribution in [3.8, 4) is 0 Å². The standard InChI is InChI=1S/C21H32F6O3Si/c1-15(2)29-31(28-5,30-16(3)4)11-9-7-6-8-10-17-12-18(20(22,23)24)14-19(13-17)21(25,26)27/h12-16H,6-11H2,1-5H3. The van der Waals surface area contributed by atoms with Gasteiger partial charge < -0.3 is 13.3 Å². The van der Waals surface area contributed by atoms with Gasteiger partial charge in [0.2, 0.25) is 0 Å². The Hall–Kier alpha value is -1.10. The fraction of sp³-hybridized carbons (Fsp3) is 0.714. The van der Waals surface area contributed by atoms with Crippen molar-refractivity contribution in [2.45, 2.75) is 90.4 Å². The van der Waals surface area contributed by atoms with Crippen LogP contribution < -0.4 is 0 Å². The summed E-state index contributed by atoms with van der Waals surface area (Å²) in [4.78, 5) is 0. The molecule has 0 heterocycles. The van der Waals surface area contributed by atoms with Gasteiger partial charge in [-0.3, -0.25) is 0 Å². The lowest BCUT2D eigenvalue weighted by Gasteiger charge is -2.31. The van der Waals surface area contributed by atoms with Crippen molar-refractivity contribution in [3.63, 3.8) is 0 Å². The van der Waals surface area contributed by atoms with E-state index < -0.39 is 32.3 Å². The molecule has 1 rings (SSSR count). The average Bonchev–Trinajstić information content (AvgIpc) is 2.61. The lowest BCUT2D eigenvalue weighted by Crippen LogP contribution is -2.48. The van der Waals surface area contributed by atoms with E-state index in [-0.39, 0.29) is 30.3 Å². The van der Waals surface area contributed by atoms with Crippen molar-refractivity contribution in [3.05, 3.63) is 34.9 Å². The highest BCUT2D eigenvalue weighted by Gasteiger charge is 2.41. The van der Waals surface area contributed by atoms with Crippen LogP contribution >= 0.6 is 0 Å². The van der Waals surface area contributed by atoms with Gasteiger partial charge in [0.05, 0.1) is 11.1 Å². The van der Waals surface area contributed by atoms with E-state index in [1.807, 2.05) is 27.7 Å². The molecule has 0 atom stereocenters. The number of rotatable bonds is 12. The van der Waals surface area contributed by atoms with Gasteiger partial charge in [-0.05, 0) is 70.7 Å². The van der Waals surface area contributed by atoms with E-state index in [4.69, 9.17) is 13.3 Å². The summed E-state index contributed by atoms with van der Waals surface area (Å²) < 4.78 is 95.2. The summed E-state index contributed by atoms with van der Waals surface area (Å²) in [6.07, 6.45) is -7.00. The Bertz CT molecular complexity index is 632. The Balaban J connectivity index is 2.66. The number of halogens is 6. The van der Waals surface area contributed by atoms with Gasteiger partial charge in [0, 0.05) is 25.4 Å². The molecule has 180 valence electrons. The predicted molar refractivity (Wildman–Crippen MR) is 109 cm³/mol. The molecule has 0 amide bonds. The molecule has 1 aromatic rings. The quantitative estimate of drug-likeness (QED) is 0.181. The van der Waals surface area contributed by atoms with E-state index in [1.54, 1.807) is 7.11 Å². The van der Waals surface area contributed by atoms with Crippen LogP contribution in [0.15, 0.2) is 18.2 Å². The van der Waals surface area contributed by atoms with Crippen LogP contribution in [0.2, 0.25) is 6.04 Å². The minimum absolute atomic E-state index is 0.0362. The van der Waals surface area contributed by atoms with E-state index in [9.17, 15) is 26.3 Å². The number of hydrogen-bond acceptors (Lipinski definition) is 3. The Kier molecular flexibility index (Phi) is 10.5. The van der Waals surface area contributed by atoms with Crippen LogP contribution in [-0.4, -0.2) is 28.1 Å². The minimum atomic E-state index is -4.82. The molecule has 0 N–H and O–H groups in total. The molecule has 3 nitrogen and oxygen atoms in total. The lowest BCUT2D eigenvalue weighted by molar-refractivity contribution is -0.143. The number of unbranched alkanes of at least 4 members (excludes halogenated alkanes) is 3. The fourth-order valence-electron chi connectivity index (χ4n) is 3.25. The fourth-order valence-corrected chi connectivity index (χ4v) is 6.06. The van der Waals surface area contributed by atoms with E-state index in [2.05, 4.69) is 0 Å². The summed E-state index contributed by atoms with van der Waals surface area (Å²) in [6.45, 7) is 7.59. The van der Waals surface area contributed by atoms with Crippen LogP contribution in [0.3, 0.4) is 0 Å². The maximum absolute atomic E-state index is 13.0. The van der Waals surface area contributed by atoms with Gasteiger partial charge >= 0.3 is 21.2 Å². The second-order valence-electron chi connectivity index (χ2n) is 8.05. The second kappa shape index (κ2) is 11.7. The van der Waals surface area contributed by atoms with Crippen molar-refractivity contribution in [2.24, 2.45) is 0 Å². The van der Waals surface area contributed by atoms with Gasteiger partial charge in [-0.2, -0.15) is 26.3 Å². The third-order valence-corrected chi connectivity index (χ3v) is 7.74. The Morgan fingerprint density at radius 1 is 0.742 bits per heavy atom. The summed E-state index contributed by atoms with van der Waals surface area (Å²) in [5.74, 6) is 0. The van der Waals surface area contributed by atoms with Crippen molar-refractivity contribution >= 4 is 8.80 Å². The number of benzene rings is 1. The lowest BCUT2D eigenvalue weighted by atomic mass is 10.00. The summed E-state index contributed by atoms with van der Waals surface area (Å²) in [7, 11) is -1.27. The van der Waals surface area contributed by atoms with Crippen molar-refractivity contribution in [1.29, 1.82) is 0 Å². The summed E-state index contributed by atoms with van der Waals surface area (Å²) >= 11 is 0. The molecular weight excluding hydrogens is 442 g/mol. The second-order valence-corrected chi connectivity index (χ2v) is 10.8. The molecular formula is C21H32F6O3Si. The predicted octanol–water partition coefficient (Wildman–Crippen LogP) is 7.26. The molecule has 0 radical (unpaired) electrons. The third-order valence-electron chi connectivity index (χ3n) is 4.49. The maximum atomic E-state index is 13.0. The van der Waals surface area contributed by atoms with Crippen LogP contribution in [0.1, 0.15) is 70.1 Å². The topological polar surface area (TPSA) is 27.7 Å². The Morgan fingerprint density at radius 2 is 1.19 bits per heavy atom. The first-order chi connectivity index (χ1) is 14.2. The van der Waals surface area contributed by atoms with Crippen molar-refractivity contribution < 1.29 is 39.6 Å². The number of hydrogen-bond donors (Lipinski definition) is 0. The molecule has 0 saturated carbocycles. The van der Waals surface area contributed by atoms with Crippen LogP contribution in [0.5, 0.6) is 0 Å². The number of alkyl halides is 6. The van der Waals surface area contributed by atoms with Gasteiger partial charge in [-0.15, -0.1) is 0 Å². The molecule has 0 aliphatic rings. The van der Waals surface area contributed by atoms with Crippen molar-refractivity contribution in [1.82, 2.24) is 0 Å². The van der Waals surface area contributed by atoms with E-state index in [0.29, 0.717) is 18.9 Å². The molecule has 0 fully saturated rings. The first-order valence-corrected chi connectivity index (χ1v) is 12.3. The van der Waals surface area contributed by atoms with E-state index >= 15 is 0 Å². The molecule has 1 aromatic carbocycles. The normalized spacial score (nSPS) is 13.5. The zero-order valence-electron chi connectivity index (χ0n) is 18.6. The largest absolute Gasteiger partial charge is 0.501 e. The molecule has 10 heteroatoms. The Morgan fingerprint density at radius 3 is 1.58 bits per heavy atom. The number of aryl methyl sites for hydroxylation is 1. The molecule has 0 aromatic heterocycles. The van der Waals surface area contributed by atoms with Gasteiger partial charge in [0.25, 0.3) is 0 Å². The van der Waals surface area contributed by atoms with Gasteiger partial charge in [0.15, 0.2) is 0 Å². The summed E-state index contributed by atoms with van der Waals surface area (Å²) in [5.41, 5.74) is -2.51. The first-order valence-electron chi connectivity index (χ1n) is 10.4. The highest BCUT2D eigenvalue weighted by Crippen LogP contribution is 2.36. The van der Waals surface area contributed by atoms with Gasteiger partial charge in [-0.25, -0.2) is 0 Å². The zero-order valence-corrected chi connectivity index (χ0v) is 19.6. The molecule has 0 aliphatic carbocycles. The van der Waals surface area contributed by atoms with Crippen LogP contribution in [0.4, 0.5) is 26.3 Å². The van der Waals surface area contributed by atoms with E-state index in [0.717, 1.165) is 25.0 Å². The molecule has 0 spiro atoms. The average molecular weight is 475 g/mol. The van der Waals surface area contributed by atoms with Gasteiger partial charge in [-0.1, -0.05) is 12.8 Å². The van der Waals surface area contributed by atoms with E-state index in [1.165, 1.54) is 0 Å². The smallest absolute Gasteiger partial charge is 0.377 e. The zero-order chi connectivity index (χ0) is 23.9. The maximum Gasteiger partial charge on any atom is 0.501 e. The molecule has 0 saturated heterocycles. The minimum Gasteiger partial charge on any atom is -0.377 e. The van der Waals surface area contributed by atoms with Crippen LogP contribution in [-0.2, 0) is 32.1 Å². The van der Waals surface area contributed by atoms with Crippen LogP contribution in [0.25, 0.3) is 0 Å². The molecule has 0 unspecified atom stereocenters. The monoisotopic (exact) mass is 474 g/mol. The van der Waals surface area contributed by atoms with Crippen LogP contribution in [0, 0.1) is 0 Å². The highest BCUT2D eigenvalue weighted by atomic mass is 28.4. The Labute approximate surface area is 181 Å². The first kappa shape index (κ1) is 27.9. The molecule has 0 aliphatic heterocycles. The summed E-state index contributed by atoms with van der Waals surface area (Å²) in [5, 5.41) is 0. The highest BCUT2D eigenvalue weighted by molar-refractivity contribution is 6.60. The van der Waals surface area contributed by atoms with Gasteiger partial charge in [0.1, 0.15) is 0 Å². The SMILES string of the molecule is CO[Si](CCCCCCc1cc(C(F)(F)F)cc(C(F)(F)F)c1)(OC(C)C)OC(C)C. The molecule has 0 bridgehead atoms.